The average Bonchev–Trinajstić information content (AvgIpc) is 2.55. The van der Waals surface area contributed by atoms with Gasteiger partial charge >= 0.3 is 0 Å². The Labute approximate surface area is 145 Å². The van der Waals surface area contributed by atoms with Crippen LogP contribution in [0.4, 0.5) is 5.69 Å². The third kappa shape index (κ3) is 3.59. The maximum atomic E-state index is 12.5. The Morgan fingerprint density at radius 1 is 1.17 bits per heavy atom. The van der Waals surface area contributed by atoms with Crippen LogP contribution in [0.3, 0.4) is 0 Å². The second-order valence-corrected chi connectivity index (χ2v) is 6.03. The highest BCUT2D eigenvalue weighted by atomic mass is 79.9. The number of anilines is 1. The molecule has 0 heterocycles. The van der Waals surface area contributed by atoms with Crippen LogP contribution in [0.15, 0.2) is 64.6 Å². The van der Waals surface area contributed by atoms with Gasteiger partial charge in [-0.1, -0.05) is 46.8 Å². The Balaban J connectivity index is 2.62. The van der Waals surface area contributed by atoms with Crippen molar-refractivity contribution in [3.63, 3.8) is 0 Å². The fraction of sp³-hybridized carbons (Fsp3) is 0.158. The van der Waals surface area contributed by atoms with Gasteiger partial charge in [0.25, 0.3) is 5.91 Å². The number of benzene rings is 2. The van der Waals surface area contributed by atoms with Gasteiger partial charge in [-0.25, -0.2) is 0 Å². The van der Waals surface area contributed by atoms with E-state index in [9.17, 15) is 4.79 Å². The fourth-order valence-electron chi connectivity index (χ4n) is 2.38. The van der Waals surface area contributed by atoms with E-state index in [2.05, 4.69) is 27.5 Å². The van der Waals surface area contributed by atoms with Crippen LogP contribution in [0.2, 0.25) is 0 Å². The topological polar surface area (TPSA) is 32.7 Å². The molecule has 0 N–H and O–H groups in total. The summed E-state index contributed by atoms with van der Waals surface area (Å²) in [4.78, 5) is 18.5. The van der Waals surface area contributed by atoms with Crippen LogP contribution in [0.25, 0.3) is 0 Å². The molecular weight excluding hydrogens is 352 g/mol. The van der Waals surface area contributed by atoms with Crippen LogP contribution < -0.4 is 4.90 Å². The van der Waals surface area contributed by atoms with Crippen molar-refractivity contribution in [3.05, 3.63) is 76.3 Å². The number of halogens is 1. The summed E-state index contributed by atoms with van der Waals surface area (Å²) in [6.07, 6.45) is 1.31. The zero-order chi connectivity index (χ0) is 17.0. The van der Waals surface area contributed by atoms with E-state index < -0.39 is 0 Å². The molecule has 0 spiro atoms. The van der Waals surface area contributed by atoms with Crippen molar-refractivity contribution in [3.8, 4) is 0 Å². The van der Waals surface area contributed by atoms with Crippen molar-refractivity contribution in [1.29, 1.82) is 0 Å². The third-order valence-electron chi connectivity index (χ3n) is 3.60. The molecule has 0 aromatic heterocycles. The first-order chi connectivity index (χ1) is 11.0. The minimum atomic E-state index is -0.212. The molecule has 23 heavy (non-hydrogen) atoms. The molecular formula is C19H19BrN2O. The molecule has 3 nitrogen and oxygen atoms in total. The first kappa shape index (κ1) is 17.2. The van der Waals surface area contributed by atoms with Crippen molar-refractivity contribution in [2.45, 2.75) is 13.8 Å². The molecule has 2 aromatic carbocycles. The number of aliphatic imine (C=N–C) groups is 1. The lowest BCUT2D eigenvalue weighted by Gasteiger charge is -2.24. The zero-order valence-corrected chi connectivity index (χ0v) is 15.1. The first-order valence-electron chi connectivity index (χ1n) is 7.25. The maximum Gasteiger partial charge on any atom is 0.256 e. The summed E-state index contributed by atoms with van der Waals surface area (Å²) in [6, 6.07) is 13.7. The van der Waals surface area contributed by atoms with Gasteiger partial charge in [0.1, 0.15) is 5.84 Å². The average molecular weight is 371 g/mol. The number of hydrogen-bond acceptors (Lipinski definition) is 2. The number of rotatable bonds is 3. The minimum Gasteiger partial charge on any atom is -0.271 e. The summed E-state index contributed by atoms with van der Waals surface area (Å²) in [5.41, 5.74) is 3.79. The summed E-state index contributed by atoms with van der Waals surface area (Å²) < 4.78 is 0.998. The van der Waals surface area contributed by atoms with Crippen molar-refractivity contribution in [2.75, 3.05) is 11.9 Å². The molecule has 0 saturated heterocycles. The van der Waals surface area contributed by atoms with Crippen LogP contribution in [-0.4, -0.2) is 18.8 Å². The van der Waals surface area contributed by atoms with Crippen LogP contribution in [-0.2, 0) is 4.79 Å². The van der Waals surface area contributed by atoms with Crippen LogP contribution in [0, 0.1) is 13.8 Å². The van der Waals surface area contributed by atoms with Crippen molar-refractivity contribution >= 4 is 33.4 Å². The lowest BCUT2D eigenvalue weighted by atomic mass is 10.1. The van der Waals surface area contributed by atoms with Crippen molar-refractivity contribution in [2.24, 2.45) is 4.99 Å². The van der Waals surface area contributed by atoms with E-state index in [1.54, 1.807) is 11.9 Å². The molecule has 1 amide bonds. The summed E-state index contributed by atoms with van der Waals surface area (Å²) >= 11 is 3.49. The fourth-order valence-corrected chi connectivity index (χ4v) is 2.62. The first-order valence-corrected chi connectivity index (χ1v) is 8.04. The number of nitrogens with zero attached hydrogens (tertiary/aromatic N) is 2. The van der Waals surface area contributed by atoms with E-state index >= 15 is 0 Å². The van der Waals surface area contributed by atoms with E-state index in [1.165, 1.54) is 6.08 Å². The molecule has 0 saturated carbocycles. The molecule has 0 fully saturated rings. The second kappa shape index (κ2) is 7.38. The zero-order valence-electron chi connectivity index (χ0n) is 13.5. The van der Waals surface area contributed by atoms with E-state index in [-0.39, 0.29) is 5.91 Å². The highest BCUT2D eigenvalue weighted by molar-refractivity contribution is 9.10. The second-order valence-electron chi connectivity index (χ2n) is 5.17. The summed E-state index contributed by atoms with van der Waals surface area (Å²) in [5.74, 6) is 0.394. The number of hydrogen-bond donors (Lipinski definition) is 0. The Morgan fingerprint density at radius 2 is 1.87 bits per heavy atom. The normalized spacial score (nSPS) is 11.2. The third-order valence-corrected chi connectivity index (χ3v) is 4.49. The Morgan fingerprint density at radius 3 is 2.43 bits per heavy atom. The van der Waals surface area contributed by atoms with E-state index in [4.69, 9.17) is 0 Å². The van der Waals surface area contributed by atoms with Crippen LogP contribution >= 0.6 is 15.9 Å². The molecule has 0 aliphatic heterocycles. The molecule has 0 atom stereocenters. The predicted octanol–water partition coefficient (Wildman–Crippen LogP) is 4.66. The van der Waals surface area contributed by atoms with Crippen LogP contribution in [0.1, 0.15) is 16.7 Å². The molecule has 0 unspecified atom stereocenters. The predicted molar refractivity (Wildman–Crippen MR) is 100 cm³/mol. The Kier molecular flexibility index (Phi) is 5.50. The summed E-state index contributed by atoms with van der Waals surface area (Å²) in [5, 5.41) is 0. The molecule has 118 valence electrons. The molecule has 2 rings (SSSR count). The van der Waals surface area contributed by atoms with Gasteiger partial charge in [-0.2, -0.15) is 0 Å². The van der Waals surface area contributed by atoms with Gasteiger partial charge < -0.3 is 0 Å². The highest BCUT2D eigenvalue weighted by Crippen LogP contribution is 2.25. The SMILES string of the molecule is C=CC(=O)N(C(=NC)c1ccccc1C)c1ccc(Br)c(C)c1. The Bertz CT molecular complexity index is 781. The van der Waals surface area contributed by atoms with Gasteiger partial charge in [-0.05, 0) is 49.2 Å². The number of carbonyl (C=O) groups excluding carboxylic acids is 1. The van der Waals surface area contributed by atoms with Gasteiger partial charge in [0.2, 0.25) is 0 Å². The molecule has 0 aliphatic rings. The van der Waals surface area contributed by atoms with Gasteiger partial charge in [0, 0.05) is 17.1 Å². The molecule has 4 heteroatoms. The monoisotopic (exact) mass is 370 g/mol. The highest BCUT2D eigenvalue weighted by Gasteiger charge is 2.22. The minimum absolute atomic E-state index is 0.212. The Hall–Kier alpha value is -2.20. The molecule has 2 aromatic rings. The molecule has 0 bridgehead atoms. The lowest BCUT2D eigenvalue weighted by molar-refractivity contribution is -0.113. The van der Waals surface area contributed by atoms with Crippen molar-refractivity contribution < 1.29 is 4.79 Å². The smallest absolute Gasteiger partial charge is 0.256 e. The maximum absolute atomic E-state index is 12.5. The number of aryl methyl sites for hydroxylation is 2. The molecule has 0 radical (unpaired) electrons. The van der Waals surface area contributed by atoms with E-state index in [1.807, 2.05) is 56.3 Å². The molecule has 0 aliphatic carbocycles. The quantitative estimate of drug-likeness (QED) is 0.439. The van der Waals surface area contributed by atoms with Gasteiger partial charge in [-0.15, -0.1) is 0 Å². The van der Waals surface area contributed by atoms with E-state index in [0.29, 0.717) is 5.84 Å². The van der Waals surface area contributed by atoms with Crippen LogP contribution in [0.5, 0.6) is 0 Å². The van der Waals surface area contributed by atoms with Gasteiger partial charge in [-0.3, -0.25) is 14.7 Å². The van der Waals surface area contributed by atoms with Gasteiger partial charge in [0.15, 0.2) is 0 Å². The van der Waals surface area contributed by atoms with Gasteiger partial charge in [0.05, 0.1) is 5.69 Å². The number of amidine groups is 1. The van der Waals surface area contributed by atoms with E-state index in [0.717, 1.165) is 26.9 Å². The number of carbonyl (C=O) groups is 1. The number of amides is 1. The summed E-state index contributed by atoms with van der Waals surface area (Å²) in [7, 11) is 1.69. The lowest BCUT2D eigenvalue weighted by Crippen LogP contribution is -2.37. The summed E-state index contributed by atoms with van der Waals surface area (Å²) in [6.45, 7) is 7.61. The largest absolute Gasteiger partial charge is 0.271 e. The standard InChI is InChI=1S/C19H19BrN2O/c1-5-18(23)22(15-10-11-17(20)14(3)12-15)19(21-4)16-9-7-6-8-13(16)2/h5-12H,1H2,2-4H3. The van der Waals surface area contributed by atoms with Crippen molar-refractivity contribution in [1.82, 2.24) is 0 Å².